The SMILES string of the molecule is c1csc(CN2CCC3(CC2)COCCN(Cc2ccncc2)C3)c1. The summed E-state index contributed by atoms with van der Waals surface area (Å²) in [5.74, 6) is 0. The van der Waals surface area contributed by atoms with Crippen LogP contribution in [-0.4, -0.2) is 54.2 Å². The number of nitrogens with zero attached hydrogens (tertiary/aromatic N) is 3. The number of likely N-dealkylation sites (tertiary alicyclic amines) is 1. The Kier molecular flexibility index (Phi) is 5.46. The number of thiophene rings is 1. The van der Waals surface area contributed by atoms with Crippen molar-refractivity contribution >= 4 is 11.3 Å². The predicted octanol–water partition coefficient (Wildman–Crippen LogP) is 3.26. The van der Waals surface area contributed by atoms with E-state index in [9.17, 15) is 0 Å². The Morgan fingerprint density at radius 1 is 1.04 bits per heavy atom. The molecule has 2 saturated heterocycles. The summed E-state index contributed by atoms with van der Waals surface area (Å²) in [6, 6.07) is 8.66. The van der Waals surface area contributed by atoms with Crippen LogP contribution in [0.25, 0.3) is 0 Å². The minimum absolute atomic E-state index is 0.329. The lowest BCUT2D eigenvalue weighted by Gasteiger charge is -2.42. The fourth-order valence-corrected chi connectivity index (χ4v) is 4.82. The van der Waals surface area contributed by atoms with E-state index < -0.39 is 0 Å². The second-order valence-electron chi connectivity index (χ2n) is 7.47. The minimum Gasteiger partial charge on any atom is -0.379 e. The standard InChI is InChI=1S/C20H27N3OS/c1-2-19(25-13-1)15-22-9-5-20(6-10-22)16-23(11-12-24-17-20)14-18-3-7-21-8-4-18/h1-4,7-8,13H,5-6,9-12,14-17H2. The summed E-state index contributed by atoms with van der Waals surface area (Å²) < 4.78 is 6.03. The van der Waals surface area contributed by atoms with E-state index in [2.05, 4.69) is 44.4 Å². The Bertz CT molecular complexity index is 638. The number of hydrogen-bond acceptors (Lipinski definition) is 5. The second-order valence-corrected chi connectivity index (χ2v) is 8.51. The molecular weight excluding hydrogens is 330 g/mol. The van der Waals surface area contributed by atoms with Gasteiger partial charge in [-0.2, -0.15) is 0 Å². The maximum Gasteiger partial charge on any atom is 0.0593 e. The maximum atomic E-state index is 6.03. The van der Waals surface area contributed by atoms with Crippen molar-refractivity contribution in [1.29, 1.82) is 0 Å². The van der Waals surface area contributed by atoms with Crippen molar-refractivity contribution in [3.8, 4) is 0 Å². The molecule has 2 aromatic heterocycles. The molecule has 2 aromatic rings. The average molecular weight is 358 g/mol. The number of ether oxygens (including phenoxy) is 1. The molecular formula is C20H27N3OS. The highest BCUT2D eigenvalue weighted by Crippen LogP contribution is 2.35. The van der Waals surface area contributed by atoms with Gasteiger partial charge in [0.25, 0.3) is 0 Å². The average Bonchev–Trinajstić information content (AvgIpc) is 3.07. The highest BCUT2D eigenvalue weighted by Gasteiger charge is 2.37. The van der Waals surface area contributed by atoms with Crippen LogP contribution < -0.4 is 0 Å². The lowest BCUT2D eigenvalue weighted by Crippen LogP contribution is -2.46. The van der Waals surface area contributed by atoms with Crippen LogP contribution in [0.1, 0.15) is 23.3 Å². The number of pyridine rings is 1. The molecule has 0 N–H and O–H groups in total. The van der Waals surface area contributed by atoms with Crippen molar-refractivity contribution in [1.82, 2.24) is 14.8 Å². The monoisotopic (exact) mass is 357 g/mol. The predicted molar refractivity (Wildman–Crippen MR) is 102 cm³/mol. The molecule has 2 aliphatic rings. The molecule has 2 aliphatic heterocycles. The van der Waals surface area contributed by atoms with Gasteiger partial charge >= 0.3 is 0 Å². The summed E-state index contributed by atoms with van der Waals surface area (Å²) in [5.41, 5.74) is 1.68. The summed E-state index contributed by atoms with van der Waals surface area (Å²) in [6.07, 6.45) is 6.27. The van der Waals surface area contributed by atoms with Crippen LogP contribution in [0.3, 0.4) is 0 Å². The Morgan fingerprint density at radius 2 is 1.88 bits per heavy atom. The third-order valence-corrected chi connectivity index (χ3v) is 6.41. The van der Waals surface area contributed by atoms with E-state index in [1.807, 2.05) is 23.7 Å². The molecule has 4 heterocycles. The Labute approximate surface area is 154 Å². The molecule has 0 saturated carbocycles. The van der Waals surface area contributed by atoms with Crippen LogP contribution in [0, 0.1) is 5.41 Å². The Morgan fingerprint density at radius 3 is 2.64 bits per heavy atom. The molecule has 134 valence electrons. The first kappa shape index (κ1) is 17.2. The van der Waals surface area contributed by atoms with E-state index in [0.29, 0.717) is 5.41 Å². The van der Waals surface area contributed by atoms with Crippen molar-refractivity contribution in [2.45, 2.75) is 25.9 Å². The highest BCUT2D eigenvalue weighted by atomic mass is 32.1. The van der Waals surface area contributed by atoms with Gasteiger partial charge in [0.2, 0.25) is 0 Å². The van der Waals surface area contributed by atoms with Gasteiger partial charge in [-0.1, -0.05) is 6.07 Å². The van der Waals surface area contributed by atoms with Crippen molar-refractivity contribution < 1.29 is 4.74 Å². The number of aromatic nitrogens is 1. The summed E-state index contributed by atoms with van der Waals surface area (Å²) in [6.45, 7) is 8.44. The van der Waals surface area contributed by atoms with E-state index in [1.165, 1.54) is 36.4 Å². The van der Waals surface area contributed by atoms with Gasteiger partial charge < -0.3 is 4.74 Å². The van der Waals surface area contributed by atoms with Crippen LogP contribution in [0.5, 0.6) is 0 Å². The first-order valence-electron chi connectivity index (χ1n) is 9.25. The van der Waals surface area contributed by atoms with Gasteiger partial charge in [0.05, 0.1) is 13.2 Å². The first-order chi connectivity index (χ1) is 12.3. The van der Waals surface area contributed by atoms with Gasteiger partial charge in [-0.25, -0.2) is 0 Å². The van der Waals surface area contributed by atoms with Crippen LogP contribution >= 0.6 is 11.3 Å². The Balaban J connectivity index is 1.36. The molecule has 0 amide bonds. The largest absolute Gasteiger partial charge is 0.379 e. The van der Waals surface area contributed by atoms with E-state index in [-0.39, 0.29) is 0 Å². The molecule has 5 heteroatoms. The van der Waals surface area contributed by atoms with Gasteiger partial charge in [-0.05, 0) is 55.1 Å². The Hall–Kier alpha value is -1.27. The first-order valence-corrected chi connectivity index (χ1v) is 10.1. The molecule has 0 bridgehead atoms. The van der Waals surface area contributed by atoms with Gasteiger partial charge in [-0.15, -0.1) is 11.3 Å². The van der Waals surface area contributed by atoms with Crippen LogP contribution in [0.4, 0.5) is 0 Å². The van der Waals surface area contributed by atoms with Gasteiger partial charge in [0.15, 0.2) is 0 Å². The van der Waals surface area contributed by atoms with Gasteiger partial charge in [-0.3, -0.25) is 14.8 Å². The van der Waals surface area contributed by atoms with E-state index in [0.717, 1.165) is 39.4 Å². The molecule has 4 rings (SSSR count). The van der Waals surface area contributed by atoms with Crippen LogP contribution in [0.2, 0.25) is 0 Å². The molecule has 0 aliphatic carbocycles. The van der Waals surface area contributed by atoms with Gasteiger partial charge in [0, 0.05) is 48.9 Å². The molecule has 0 aromatic carbocycles. The van der Waals surface area contributed by atoms with Crippen molar-refractivity contribution in [2.75, 3.05) is 39.4 Å². The molecule has 1 spiro atoms. The number of hydrogen-bond donors (Lipinski definition) is 0. The zero-order valence-corrected chi connectivity index (χ0v) is 15.6. The van der Waals surface area contributed by atoms with E-state index >= 15 is 0 Å². The smallest absolute Gasteiger partial charge is 0.0593 e. The lowest BCUT2D eigenvalue weighted by molar-refractivity contribution is 0.0127. The summed E-state index contributed by atoms with van der Waals surface area (Å²) in [4.78, 5) is 10.8. The van der Waals surface area contributed by atoms with Gasteiger partial charge in [0.1, 0.15) is 0 Å². The quantitative estimate of drug-likeness (QED) is 0.840. The number of rotatable bonds is 4. The molecule has 0 atom stereocenters. The fourth-order valence-electron chi connectivity index (χ4n) is 4.07. The summed E-state index contributed by atoms with van der Waals surface area (Å²) >= 11 is 1.87. The van der Waals surface area contributed by atoms with E-state index in [1.54, 1.807) is 0 Å². The maximum absolute atomic E-state index is 6.03. The molecule has 2 fully saturated rings. The van der Waals surface area contributed by atoms with E-state index in [4.69, 9.17) is 4.74 Å². The third-order valence-electron chi connectivity index (χ3n) is 5.55. The van der Waals surface area contributed by atoms with Crippen LogP contribution in [0.15, 0.2) is 42.0 Å². The third kappa shape index (κ3) is 4.47. The molecule has 0 unspecified atom stereocenters. The zero-order valence-electron chi connectivity index (χ0n) is 14.8. The summed E-state index contributed by atoms with van der Waals surface area (Å²) in [7, 11) is 0. The van der Waals surface area contributed by atoms with Crippen LogP contribution in [-0.2, 0) is 17.8 Å². The normalized spacial score (nSPS) is 22.1. The van der Waals surface area contributed by atoms with Crippen molar-refractivity contribution in [3.05, 3.63) is 52.5 Å². The fraction of sp³-hybridized carbons (Fsp3) is 0.550. The summed E-state index contributed by atoms with van der Waals surface area (Å²) in [5, 5.41) is 2.18. The molecule has 25 heavy (non-hydrogen) atoms. The van der Waals surface area contributed by atoms with Crippen molar-refractivity contribution in [2.24, 2.45) is 5.41 Å². The van der Waals surface area contributed by atoms with Crippen molar-refractivity contribution in [3.63, 3.8) is 0 Å². The minimum atomic E-state index is 0.329. The molecule has 0 radical (unpaired) electrons. The molecule has 4 nitrogen and oxygen atoms in total. The highest BCUT2D eigenvalue weighted by molar-refractivity contribution is 7.09. The number of piperidine rings is 1. The lowest BCUT2D eigenvalue weighted by atomic mass is 9.78. The zero-order chi connectivity index (χ0) is 17.0. The second kappa shape index (κ2) is 7.96. The topological polar surface area (TPSA) is 28.6 Å².